The average Bonchev–Trinajstić information content (AvgIpc) is 3.44. The van der Waals surface area contributed by atoms with Gasteiger partial charge in [0, 0.05) is 30.3 Å². The summed E-state index contributed by atoms with van der Waals surface area (Å²) in [6.45, 7) is 5.31. The summed E-state index contributed by atoms with van der Waals surface area (Å²) >= 11 is 1.61. The zero-order valence-corrected chi connectivity index (χ0v) is 18.5. The van der Waals surface area contributed by atoms with E-state index in [4.69, 9.17) is 4.98 Å². The summed E-state index contributed by atoms with van der Waals surface area (Å²) in [6.07, 6.45) is 3.53. The van der Waals surface area contributed by atoms with Crippen molar-refractivity contribution in [3.63, 3.8) is 0 Å². The Morgan fingerprint density at radius 1 is 1.21 bits per heavy atom. The fourth-order valence-corrected chi connectivity index (χ4v) is 6.50. The van der Waals surface area contributed by atoms with E-state index in [1.54, 1.807) is 21.7 Å². The lowest BCUT2D eigenvalue weighted by Crippen LogP contribution is -2.38. The number of nitrogens with zero attached hydrogens (tertiary/aromatic N) is 2. The van der Waals surface area contributed by atoms with E-state index in [9.17, 15) is 13.2 Å². The lowest BCUT2D eigenvalue weighted by atomic mass is 9.99. The Hall–Kier alpha value is -1.77. The molecule has 1 aromatic heterocycles. The summed E-state index contributed by atoms with van der Waals surface area (Å²) in [5.74, 6) is 0.611. The molecule has 0 atom stereocenters. The van der Waals surface area contributed by atoms with E-state index in [0.717, 1.165) is 47.5 Å². The zero-order chi connectivity index (χ0) is 20.6. The predicted octanol–water partition coefficient (Wildman–Crippen LogP) is 3.35. The Kier molecular flexibility index (Phi) is 5.77. The van der Waals surface area contributed by atoms with Crippen LogP contribution >= 0.6 is 11.3 Å². The summed E-state index contributed by atoms with van der Waals surface area (Å²) < 4.78 is 27.7. The van der Waals surface area contributed by atoms with Crippen molar-refractivity contribution < 1.29 is 13.2 Å². The number of nitrogens with one attached hydrogen (secondary N) is 1. The first-order valence-corrected chi connectivity index (χ1v) is 12.5. The molecule has 2 heterocycles. The second-order valence-corrected chi connectivity index (χ2v) is 10.9. The van der Waals surface area contributed by atoms with Crippen LogP contribution in [-0.4, -0.2) is 36.7 Å². The molecule has 0 spiro atoms. The van der Waals surface area contributed by atoms with Gasteiger partial charge >= 0.3 is 0 Å². The molecular weight excluding hydrogens is 406 g/mol. The predicted molar refractivity (Wildman–Crippen MR) is 113 cm³/mol. The highest BCUT2D eigenvalue weighted by molar-refractivity contribution is 7.89. The summed E-state index contributed by atoms with van der Waals surface area (Å²) in [4.78, 5) is 16.9. The normalized spacial score (nSPS) is 18.7. The molecule has 1 saturated carbocycles. The van der Waals surface area contributed by atoms with Crippen molar-refractivity contribution in [1.29, 1.82) is 0 Å². The van der Waals surface area contributed by atoms with E-state index in [1.807, 2.05) is 31.4 Å². The van der Waals surface area contributed by atoms with Gasteiger partial charge in [0.15, 0.2) is 0 Å². The van der Waals surface area contributed by atoms with Crippen molar-refractivity contribution >= 4 is 27.3 Å². The van der Waals surface area contributed by atoms with Crippen LogP contribution in [0.15, 0.2) is 28.5 Å². The van der Waals surface area contributed by atoms with Crippen molar-refractivity contribution in [3.8, 4) is 0 Å². The minimum Gasteiger partial charge on any atom is -0.350 e. The molecule has 1 aliphatic carbocycles. The Bertz CT molecular complexity index is 1000. The number of amides is 1. The van der Waals surface area contributed by atoms with Crippen LogP contribution in [0.25, 0.3) is 0 Å². The van der Waals surface area contributed by atoms with Gasteiger partial charge in [-0.2, -0.15) is 4.31 Å². The fourth-order valence-electron chi connectivity index (χ4n) is 3.83. The lowest BCUT2D eigenvalue weighted by Gasteiger charge is -2.30. The molecule has 156 valence electrons. The smallest absolute Gasteiger partial charge is 0.243 e. The number of piperidine rings is 1. The molecule has 6 nitrogen and oxygen atoms in total. The molecule has 1 aliphatic heterocycles. The molecule has 4 rings (SSSR count). The molecular formula is C21H27N3O3S2. The number of hydrogen-bond acceptors (Lipinski definition) is 5. The van der Waals surface area contributed by atoms with Crippen LogP contribution in [0.5, 0.6) is 0 Å². The number of rotatable bonds is 6. The van der Waals surface area contributed by atoms with Crippen LogP contribution in [0, 0.1) is 19.8 Å². The Morgan fingerprint density at radius 2 is 1.93 bits per heavy atom. The summed E-state index contributed by atoms with van der Waals surface area (Å²) in [5.41, 5.74) is 2.75. The highest BCUT2D eigenvalue weighted by atomic mass is 32.2. The van der Waals surface area contributed by atoms with Gasteiger partial charge < -0.3 is 5.32 Å². The van der Waals surface area contributed by atoms with Crippen LogP contribution in [-0.2, 0) is 21.4 Å². The molecule has 2 fully saturated rings. The van der Waals surface area contributed by atoms with Gasteiger partial charge in [-0.25, -0.2) is 13.4 Å². The SMILES string of the molecule is Cc1ccc(S(=O)(=O)N2CCC(c3nc(CNC(=O)C4CC4)cs3)CC2)c(C)c1. The minimum atomic E-state index is -3.46. The molecule has 1 aromatic carbocycles. The number of aryl methyl sites for hydroxylation is 2. The maximum atomic E-state index is 13.0. The monoisotopic (exact) mass is 433 g/mol. The van der Waals surface area contributed by atoms with Crippen molar-refractivity contribution in [1.82, 2.24) is 14.6 Å². The van der Waals surface area contributed by atoms with Gasteiger partial charge in [-0.3, -0.25) is 4.79 Å². The second-order valence-electron chi connectivity index (χ2n) is 8.12. The molecule has 0 unspecified atom stereocenters. The first-order chi connectivity index (χ1) is 13.8. The molecule has 1 N–H and O–H groups in total. The van der Waals surface area contributed by atoms with Crippen LogP contribution in [0.1, 0.15) is 53.4 Å². The number of carbonyl (C=O) groups excluding carboxylic acids is 1. The lowest BCUT2D eigenvalue weighted by molar-refractivity contribution is -0.122. The maximum absolute atomic E-state index is 13.0. The third kappa shape index (κ3) is 4.54. The highest BCUT2D eigenvalue weighted by Crippen LogP contribution is 2.33. The zero-order valence-electron chi connectivity index (χ0n) is 16.8. The van der Waals surface area contributed by atoms with E-state index in [-0.39, 0.29) is 17.7 Å². The largest absolute Gasteiger partial charge is 0.350 e. The molecule has 29 heavy (non-hydrogen) atoms. The van der Waals surface area contributed by atoms with E-state index in [0.29, 0.717) is 24.5 Å². The van der Waals surface area contributed by atoms with Gasteiger partial charge in [0.1, 0.15) is 0 Å². The quantitative estimate of drug-likeness (QED) is 0.758. The van der Waals surface area contributed by atoms with E-state index < -0.39 is 10.0 Å². The number of benzene rings is 1. The number of aromatic nitrogens is 1. The molecule has 0 radical (unpaired) electrons. The van der Waals surface area contributed by atoms with Gasteiger partial charge in [0.25, 0.3) is 0 Å². The molecule has 1 saturated heterocycles. The van der Waals surface area contributed by atoms with Crippen LogP contribution in [0.4, 0.5) is 0 Å². The third-order valence-electron chi connectivity index (χ3n) is 5.71. The summed E-state index contributed by atoms with van der Waals surface area (Å²) in [5, 5.41) is 6.00. The fraction of sp³-hybridized carbons (Fsp3) is 0.524. The van der Waals surface area contributed by atoms with Crippen LogP contribution < -0.4 is 5.32 Å². The van der Waals surface area contributed by atoms with Gasteiger partial charge in [-0.05, 0) is 51.2 Å². The Balaban J connectivity index is 1.36. The minimum absolute atomic E-state index is 0.129. The summed E-state index contributed by atoms with van der Waals surface area (Å²) in [7, 11) is -3.46. The molecule has 2 aliphatic rings. The van der Waals surface area contributed by atoms with Gasteiger partial charge in [-0.1, -0.05) is 17.7 Å². The van der Waals surface area contributed by atoms with Crippen LogP contribution in [0.2, 0.25) is 0 Å². The van der Waals surface area contributed by atoms with Gasteiger partial charge in [0.2, 0.25) is 15.9 Å². The average molecular weight is 434 g/mol. The van der Waals surface area contributed by atoms with Crippen LogP contribution in [0.3, 0.4) is 0 Å². The Labute approximate surface area is 176 Å². The topological polar surface area (TPSA) is 79.4 Å². The second kappa shape index (κ2) is 8.16. The van der Waals surface area contributed by atoms with Gasteiger partial charge in [-0.15, -0.1) is 11.3 Å². The molecule has 2 aromatic rings. The Morgan fingerprint density at radius 3 is 2.59 bits per heavy atom. The number of carbonyl (C=O) groups is 1. The molecule has 0 bridgehead atoms. The number of thiazole rings is 1. The first-order valence-electron chi connectivity index (χ1n) is 10.1. The van der Waals surface area contributed by atoms with Crippen molar-refractivity contribution in [2.24, 2.45) is 5.92 Å². The van der Waals surface area contributed by atoms with Crippen molar-refractivity contribution in [2.45, 2.75) is 56.9 Å². The first kappa shape index (κ1) is 20.5. The van der Waals surface area contributed by atoms with E-state index in [1.165, 1.54) is 0 Å². The van der Waals surface area contributed by atoms with E-state index in [2.05, 4.69) is 5.32 Å². The number of sulfonamides is 1. The van der Waals surface area contributed by atoms with Gasteiger partial charge in [0.05, 0.1) is 22.1 Å². The number of hydrogen-bond donors (Lipinski definition) is 1. The standard InChI is InChI=1S/C21H27N3O3S2/c1-14-3-6-19(15(2)11-14)29(26,27)24-9-7-17(8-10-24)21-23-18(13-28-21)12-22-20(25)16-4-5-16/h3,6,11,13,16-17H,4-5,7-10,12H2,1-2H3,(H,22,25). The van der Waals surface area contributed by atoms with E-state index >= 15 is 0 Å². The summed E-state index contributed by atoms with van der Waals surface area (Å²) in [6, 6.07) is 5.49. The molecule has 8 heteroatoms. The van der Waals surface area contributed by atoms with Crippen molar-refractivity contribution in [2.75, 3.05) is 13.1 Å². The third-order valence-corrected chi connectivity index (χ3v) is 8.83. The highest BCUT2D eigenvalue weighted by Gasteiger charge is 2.32. The maximum Gasteiger partial charge on any atom is 0.243 e. The van der Waals surface area contributed by atoms with Crippen molar-refractivity contribution in [3.05, 3.63) is 45.4 Å². The molecule has 1 amide bonds.